The summed E-state index contributed by atoms with van der Waals surface area (Å²) in [4.78, 5) is 35.8. The van der Waals surface area contributed by atoms with Crippen molar-refractivity contribution in [3.8, 4) is 11.3 Å². The Morgan fingerprint density at radius 3 is 2.33 bits per heavy atom. The Hall–Kier alpha value is -4.21. The fraction of sp³-hybridized carbons (Fsp3) is 0.217. The topological polar surface area (TPSA) is 134 Å². The number of carbonyl (C=O) groups is 3. The molecule has 0 radical (unpaired) electrons. The van der Waals surface area contributed by atoms with Gasteiger partial charge in [0, 0.05) is 23.0 Å². The van der Waals surface area contributed by atoms with Crippen molar-refractivity contribution in [3.05, 3.63) is 65.7 Å². The van der Waals surface area contributed by atoms with Gasteiger partial charge in [0.05, 0.1) is 0 Å². The first kappa shape index (κ1) is 23.5. The van der Waals surface area contributed by atoms with Crippen LogP contribution in [-0.4, -0.2) is 34.2 Å². The molecule has 1 aromatic heterocycles. The van der Waals surface area contributed by atoms with E-state index in [2.05, 4.69) is 21.1 Å². The maximum absolute atomic E-state index is 13.2. The molecular formula is C23H23FN4O5. The molecule has 4 N–H and O–H groups in total. The third kappa shape index (κ3) is 5.94. The highest BCUT2D eigenvalue weighted by atomic mass is 19.1. The first-order valence-corrected chi connectivity index (χ1v) is 10.1. The molecule has 0 fully saturated rings. The van der Waals surface area contributed by atoms with Gasteiger partial charge in [0.25, 0.3) is 5.91 Å². The number of hydrogen-bond acceptors (Lipinski definition) is 5. The predicted molar refractivity (Wildman–Crippen MR) is 119 cm³/mol. The number of aliphatic carboxylic acids is 1. The highest BCUT2D eigenvalue weighted by Crippen LogP contribution is 2.22. The zero-order valence-corrected chi connectivity index (χ0v) is 18.2. The van der Waals surface area contributed by atoms with Crippen molar-refractivity contribution in [2.75, 3.05) is 10.6 Å². The normalized spacial score (nSPS) is 11.7. The van der Waals surface area contributed by atoms with Crippen LogP contribution in [0.4, 0.5) is 20.6 Å². The van der Waals surface area contributed by atoms with E-state index in [1.807, 2.05) is 0 Å². The number of nitrogens with zero attached hydrogens (tertiary/aromatic N) is 1. The Morgan fingerprint density at radius 2 is 1.73 bits per heavy atom. The molecule has 3 amide bonds. The summed E-state index contributed by atoms with van der Waals surface area (Å²) < 4.78 is 18.2. The van der Waals surface area contributed by atoms with Gasteiger partial charge >= 0.3 is 12.0 Å². The monoisotopic (exact) mass is 454 g/mol. The van der Waals surface area contributed by atoms with Crippen molar-refractivity contribution in [2.24, 2.45) is 5.92 Å². The minimum atomic E-state index is -1.14. The van der Waals surface area contributed by atoms with Crippen molar-refractivity contribution in [1.29, 1.82) is 0 Å². The smallest absolute Gasteiger partial charge is 0.326 e. The SMILES string of the molecule is Cc1cc(F)ccc1NC(=O)Nc1ccc(-c2cc(C(=O)NC(C(=O)O)C(C)C)on2)cc1. The first-order chi connectivity index (χ1) is 15.6. The van der Waals surface area contributed by atoms with Crippen molar-refractivity contribution in [1.82, 2.24) is 10.5 Å². The molecule has 0 saturated carbocycles. The summed E-state index contributed by atoms with van der Waals surface area (Å²) in [6.07, 6.45) is 0. The molecule has 33 heavy (non-hydrogen) atoms. The highest BCUT2D eigenvalue weighted by molar-refractivity contribution is 6.00. The number of carbonyl (C=O) groups excluding carboxylic acids is 2. The molecular weight excluding hydrogens is 431 g/mol. The van der Waals surface area contributed by atoms with E-state index in [1.54, 1.807) is 45.0 Å². The maximum Gasteiger partial charge on any atom is 0.326 e. The quantitative estimate of drug-likeness (QED) is 0.421. The van der Waals surface area contributed by atoms with E-state index in [-0.39, 0.29) is 17.5 Å². The van der Waals surface area contributed by atoms with Gasteiger partial charge in [-0.3, -0.25) is 4.79 Å². The van der Waals surface area contributed by atoms with Gasteiger partial charge in [-0.1, -0.05) is 31.1 Å². The highest BCUT2D eigenvalue weighted by Gasteiger charge is 2.25. The average molecular weight is 454 g/mol. The van der Waals surface area contributed by atoms with Gasteiger partial charge in [-0.15, -0.1) is 0 Å². The van der Waals surface area contributed by atoms with E-state index < -0.39 is 23.9 Å². The number of aryl methyl sites for hydroxylation is 1. The average Bonchev–Trinajstić information content (AvgIpc) is 3.24. The first-order valence-electron chi connectivity index (χ1n) is 10.1. The van der Waals surface area contributed by atoms with Crippen molar-refractivity contribution >= 4 is 29.3 Å². The van der Waals surface area contributed by atoms with Crippen LogP contribution >= 0.6 is 0 Å². The van der Waals surface area contributed by atoms with Crippen LogP contribution in [0.5, 0.6) is 0 Å². The third-order valence-corrected chi connectivity index (χ3v) is 4.83. The molecule has 9 nitrogen and oxygen atoms in total. The summed E-state index contributed by atoms with van der Waals surface area (Å²) in [5.74, 6) is -2.63. The zero-order valence-electron chi connectivity index (χ0n) is 18.2. The van der Waals surface area contributed by atoms with Crippen LogP contribution < -0.4 is 16.0 Å². The summed E-state index contributed by atoms with van der Waals surface area (Å²) in [7, 11) is 0. The number of nitrogens with one attached hydrogen (secondary N) is 3. The Balaban J connectivity index is 1.63. The minimum absolute atomic E-state index is 0.117. The molecule has 0 saturated heterocycles. The Labute approximate surface area is 189 Å². The summed E-state index contributed by atoms with van der Waals surface area (Å²) >= 11 is 0. The van der Waals surface area contributed by atoms with Crippen LogP contribution in [0.2, 0.25) is 0 Å². The number of carboxylic acid groups (broad SMARTS) is 1. The van der Waals surface area contributed by atoms with E-state index in [9.17, 15) is 23.9 Å². The molecule has 1 heterocycles. The van der Waals surface area contributed by atoms with Gasteiger partial charge in [0.1, 0.15) is 17.6 Å². The lowest BCUT2D eigenvalue weighted by Gasteiger charge is -2.16. The van der Waals surface area contributed by atoms with E-state index >= 15 is 0 Å². The largest absolute Gasteiger partial charge is 0.480 e. The number of halogens is 1. The molecule has 0 aliphatic heterocycles. The fourth-order valence-corrected chi connectivity index (χ4v) is 3.02. The number of aromatic nitrogens is 1. The summed E-state index contributed by atoms with van der Waals surface area (Å²) in [6.45, 7) is 5.05. The van der Waals surface area contributed by atoms with E-state index in [1.165, 1.54) is 24.3 Å². The Kier molecular flexibility index (Phi) is 7.07. The lowest BCUT2D eigenvalue weighted by Crippen LogP contribution is -2.44. The number of urea groups is 1. The van der Waals surface area contributed by atoms with Gasteiger partial charge in [0.15, 0.2) is 0 Å². The van der Waals surface area contributed by atoms with E-state index in [0.29, 0.717) is 28.2 Å². The molecule has 10 heteroatoms. The van der Waals surface area contributed by atoms with E-state index in [0.717, 1.165) is 0 Å². The summed E-state index contributed by atoms with van der Waals surface area (Å²) in [5, 5.41) is 20.8. The molecule has 1 unspecified atom stereocenters. The fourth-order valence-electron chi connectivity index (χ4n) is 3.02. The van der Waals surface area contributed by atoms with Gasteiger partial charge in [-0.2, -0.15) is 0 Å². The van der Waals surface area contributed by atoms with Crippen molar-refractivity contribution in [2.45, 2.75) is 26.8 Å². The van der Waals surface area contributed by atoms with Crippen molar-refractivity contribution in [3.63, 3.8) is 0 Å². The number of amides is 3. The summed E-state index contributed by atoms with van der Waals surface area (Å²) in [6, 6.07) is 10.5. The molecule has 0 aliphatic rings. The molecule has 172 valence electrons. The molecule has 1 atom stereocenters. The number of anilines is 2. The summed E-state index contributed by atoms with van der Waals surface area (Å²) in [5.41, 5.74) is 2.57. The van der Waals surface area contributed by atoms with Gasteiger partial charge in [-0.25, -0.2) is 14.0 Å². The zero-order chi connectivity index (χ0) is 24.1. The second kappa shape index (κ2) is 9.94. The van der Waals surface area contributed by atoms with Crippen LogP contribution in [0.15, 0.2) is 53.1 Å². The molecule has 2 aromatic carbocycles. The second-order valence-corrected chi connectivity index (χ2v) is 7.73. The Morgan fingerprint density at radius 1 is 1.03 bits per heavy atom. The lowest BCUT2D eigenvalue weighted by atomic mass is 10.0. The van der Waals surface area contributed by atoms with Gasteiger partial charge in [-0.05, 0) is 48.7 Å². The third-order valence-electron chi connectivity index (χ3n) is 4.83. The lowest BCUT2D eigenvalue weighted by molar-refractivity contribution is -0.140. The van der Waals surface area contributed by atoms with Gasteiger partial charge in [0.2, 0.25) is 5.76 Å². The predicted octanol–water partition coefficient (Wildman–Crippen LogP) is 4.27. The van der Waals surface area contributed by atoms with E-state index in [4.69, 9.17) is 4.52 Å². The van der Waals surface area contributed by atoms with Gasteiger partial charge < -0.3 is 25.6 Å². The number of hydrogen-bond donors (Lipinski definition) is 4. The molecule has 3 rings (SSSR count). The molecule has 0 bridgehead atoms. The minimum Gasteiger partial charge on any atom is -0.480 e. The Bertz CT molecular complexity index is 1170. The van der Waals surface area contributed by atoms with Crippen LogP contribution in [-0.2, 0) is 4.79 Å². The van der Waals surface area contributed by atoms with Crippen molar-refractivity contribution < 1.29 is 28.4 Å². The van der Waals surface area contributed by atoms with Crippen LogP contribution in [0.1, 0.15) is 30.0 Å². The second-order valence-electron chi connectivity index (χ2n) is 7.73. The van der Waals surface area contributed by atoms with Crippen LogP contribution in [0.25, 0.3) is 11.3 Å². The standard InChI is InChI=1S/C23H23FN4O5/c1-12(2)20(22(30)31)27-21(29)19-11-18(28-33-19)14-4-7-16(8-5-14)25-23(32)26-17-9-6-15(24)10-13(17)3/h4-12,20H,1-3H3,(H,27,29)(H,30,31)(H2,25,26,32). The number of carboxylic acids is 1. The number of benzene rings is 2. The maximum atomic E-state index is 13.2. The van der Waals surface area contributed by atoms with Crippen LogP contribution in [0, 0.1) is 18.7 Å². The molecule has 0 aliphatic carbocycles. The van der Waals surface area contributed by atoms with Crippen LogP contribution in [0.3, 0.4) is 0 Å². The number of rotatable bonds is 7. The molecule has 0 spiro atoms. The molecule has 3 aromatic rings.